The van der Waals surface area contributed by atoms with Crippen molar-refractivity contribution >= 4 is 0 Å². The van der Waals surface area contributed by atoms with Gasteiger partial charge in [0.05, 0.1) is 77.3 Å². The van der Waals surface area contributed by atoms with E-state index in [1.165, 1.54) is 70.6 Å². The molecule has 2 saturated carbocycles. The van der Waals surface area contributed by atoms with Gasteiger partial charge in [0, 0.05) is 47.5 Å². The predicted molar refractivity (Wildman–Crippen MR) is 243 cm³/mol. The molecule has 5 atom stereocenters. The van der Waals surface area contributed by atoms with E-state index in [2.05, 4.69) is 65.6 Å². The monoisotopic (exact) mass is 843 g/mol. The normalized spacial score (nSPS) is 28.6. The van der Waals surface area contributed by atoms with Gasteiger partial charge in [-0.25, -0.2) is 0 Å². The van der Waals surface area contributed by atoms with Gasteiger partial charge in [0.1, 0.15) is 0 Å². The molecule has 0 aromatic rings. The van der Waals surface area contributed by atoms with Gasteiger partial charge in [-0.1, -0.05) is 87.5 Å². The van der Waals surface area contributed by atoms with E-state index in [9.17, 15) is 5.11 Å². The summed E-state index contributed by atoms with van der Waals surface area (Å²) < 4.78 is 41.9. The number of nitrogens with one attached hydrogen (secondary N) is 1. The van der Waals surface area contributed by atoms with E-state index in [-0.39, 0.29) is 40.0 Å². The van der Waals surface area contributed by atoms with Crippen LogP contribution in [0, 0.1) is 27.6 Å². The molecule has 352 valence electrons. The summed E-state index contributed by atoms with van der Waals surface area (Å²) >= 11 is 0. The highest BCUT2D eigenvalue weighted by Gasteiger charge is 2.34. The smallest absolute Gasteiger partial charge is 0.0931 e. The average molecular weight is 843 g/mol. The Balaban J connectivity index is 1.73. The molecule has 0 spiro atoms. The highest BCUT2D eigenvalue weighted by molar-refractivity contribution is 4.85. The summed E-state index contributed by atoms with van der Waals surface area (Å²) in [5, 5.41) is 14.3. The fourth-order valence-electron chi connectivity index (χ4n) is 9.25. The van der Waals surface area contributed by atoms with Crippen LogP contribution in [0.4, 0.5) is 0 Å². The van der Waals surface area contributed by atoms with Crippen molar-refractivity contribution in [2.45, 2.75) is 183 Å². The molecule has 2 fully saturated rings. The minimum absolute atomic E-state index is 0.0220. The van der Waals surface area contributed by atoms with Crippen LogP contribution >= 0.6 is 0 Å². The van der Waals surface area contributed by atoms with Crippen LogP contribution in [0.5, 0.6) is 0 Å². The van der Waals surface area contributed by atoms with Crippen molar-refractivity contribution in [2.24, 2.45) is 27.6 Å². The number of aliphatic hydroxyl groups excluding tert-OH is 1. The van der Waals surface area contributed by atoms with Crippen LogP contribution in [0.3, 0.4) is 0 Å². The van der Waals surface area contributed by atoms with Crippen LogP contribution in [-0.4, -0.2) is 141 Å². The molecule has 0 bridgehead atoms. The van der Waals surface area contributed by atoms with E-state index < -0.39 is 6.10 Å². The van der Waals surface area contributed by atoms with Gasteiger partial charge in [0.25, 0.3) is 0 Å². The number of aliphatic hydroxyl groups is 1. The molecule has 5 unspecified atom stereocenters. The summed E-state index contributed by atoms with van der Waals surface area (Å²) in [6.07, 6.45) is 18.4. The summed E-state index contributed by atoms with van der Waals surface area (Å²) in [6, 6.07) is 0. The zero-order chi connectivity index (χ0) is 43.6. The molecule has 59 heavy (non-hydrogen) atoms. The first-order chi connectivity index (χ1) is 28.2. The lowest BCUT2D eigenvalue weighted by atomic mass is 9.71. The average Bonchev–Trinajstić information content (AvgIpc) is 3.20. The van der Waals surface area contributed by atoms with E-state index in [0.29, 0.717) is 45.5 Å². The van der Waals surface area contributed by atoms with Crippen LogP contribution < -0.4 is 5.32 Å². The van der Waals surface area contributed by atoms with Crippen molar-refractivity contribution < 1.29 is 38.3 Å². The van der Waals surface area contributed by atoms with E-state index in [4.69, 9.17) is 33.2 Å². The summed E-state index contributed by atoms with van der Waals surface area (Å²) in [4.78, 5) is 2.52. The minimum Gasteiger partial charge on any atom is -0.389 e. The lowest BCUT2D eigenvalue weighted by molar-refractivity contribution is -0.0470. The molecule has 2 aliphatic carbocycles. The standard InChI is InChI=1S/C49H98N2O8/c1-12-41(4)19-29-51(32-45(55-11)36-59-40-49(8)26-17-24-48(7,25-18-27-49)39-58-35-44(14-3)54-10)30-28-50-31-42(52)33-56-37-46(5)20-15-22-47(6,23-16-21-46)38-57-34-43(13-2)53-9/h41-45,50,52H,12-40H2,1-11H3. The predicted octanol–water partition coefficient (Wildman–Crippen LogP) is 9.34. The Kier molecular flexibility index (Phi) is 27.7. The van der Waals surface area contributed by atoms with Crippen LogP contribution in [0.1, 0.15) is 158 Å². The fourth-order valence-corrected chi connectivity index (χ4v) is 9.25. The van der Waals surface area contributed by atoms with Gasteiger partial charge in [-0.15, -0.1) is 0 Å². The van der Waals surface area contributed by atoms with Crippen molar-refractivity contribution in [3.05, 3.63) is 0 Å². The first-order valence-corrected chi connectivity index (χ1v) is 24.2. The SMILES string of the molecule is CCC(C)CCN(CCNCC(O)COCC1(C)CCCC(C)(COCC(CC)OC)CCC1)CC(COCC1(C)CCCC(C)(COCC(CC)OC)CCC1)OC. The molecular formula is C49H98N2O8. The number of hydrogen-bond acceptors (Lipinski definition) is 10. The lowest BCUT2D eigenvalue weighted by Gasteiger charge is -2.38. The zero-order valence-corrected chi connectivity index (χ0v) is 40.6. The van der Waals surface area contributed by atoms with Gasteiger partial charge in [0.15, 0.2) is 0 Å². The first kappa shape index (κ1) is 54.7. The number of methoxy groups -OCH3 is 3. The molecule has 0 saturated heterocycles. The third-order valence-electron chi connectivity index (χ3n) is 14.3. The Morgan fingerprint density at radius 1 is 0.542 bits per heavy atom. The van der Waals surface area contributed by atoms with E-state index in [1.807, 2.05) is 7.11 Å². The fraction of sp³-hybridized carbons (Fsp3) is 1.00. The van der Waals surface area contributed by atoms with Gasteiger partial charge in [-0.2, -0.15) is 0 Å². The van der Waals surface area contributed by atoms with Crippen LogP contribution in [-0.2, 0) is 33.2 Å². The molecular weight excluding hydrogens is 745 g/mol. The van der Waals surface area contributed by atoms with E-state index in [1.54, 1.807) is 14.2 Å². The second-order valence-corrected chi connectivity index (χ2v) is 20.6. The topological polar surface area (TPSA) is 100 Å². The second kappa shape index (κ2) is 29.9. The molecule has 0 aliphatic heterocycles. The van der Waals surface area contributed by atoms with Crippen molar-refractivity contribution in [2.75, 3.05) is 107 Å². The van der Waals surface area contributed by atoms with Crippen molar-refractivity contribution in [3.63, 3.8) is 0 Å². The van der Waals surface area contributed by atoms with E-state index >= 15 is 0 Å². The van der Waals surface area contributed by atoms with Gasteiger partial charge < -0.3 is 43.6 Å². The number of nitrogens with zero attached hydrogens (tertiary/aromatic N) is 1. The van der Waals surface area contributed by atoms with Crippen LogP contribution in [0.15, 0.2) is 0 Å². The summed E-state index contributed by atoms with van der Waals surface area (Å²) in [5.74, 6) is 0.686. The highest BCUT2D eigenvalue weighted by atomic mass is 16.5. The minimum atomic E-state index is -0.522. The zero-order valence-electron chi connectivity index (χ0n) is 40.6. The quantitative estimate of drug-likeness (QED) is 0.0638. The lowest BCUT2D eigenvalue weighted by Crippen LogP contribution is -2.42. The van der Waals surface area contributed by atoms with Gasteiger partial charge >= 0.3 is 0 Å². The molecule has 10 heteroatoms. The van der Waals surface area contributed by atoms with Crippen molar-refractivity contribution in [1.29, 1.82) is 0 Å². The molecule has 0 aromatic carbocycles. The summed E-state index contributed by atoms with van der Waals surface area (Å²) in [5.41, 5.74) is 0.825. The third kappa shape index (κ3) is 23.2. The van der Waals surface area contributed by atoms with Gasteiger partial charge in [-0.05, 0) is 105 Å². The second-order valence-electron chi connectivity index (χ2n) is 20.6. The summed E-state index contributed by atoms with van der Waals surface area (Å²) in [7, 11) is 5.37. The molecule has 10 nitrogen and oxygen atoms in total. The Bertz CT molecular complexity index is 1010. The Morgan fingerprint density at radius 2 is 0.915 bits per heavy atom. The summed E-state index contributed by atoms with van der Waals surface area (Å²) in [6.45, 7) is 28.1. The first-order valence-electron chi connectivity index (χ1n) is 24.2. The molecule has 0 aromatic heterocycles. The van der Waals surface area contributed by atoms with Crippen molar-refractivity contribution in [1.82, 2.24) is 10.2 Å². The molecule has 2 N–H and O–H groups in total. The van der Waals surface area contributed by atoms with Crippen LogP contribution in [0.25, 0.3) is 0 Å². The third-order valence-corrected chi connectivity index (χ3v) is 14.3. The van der Waals surface area contributed by atoms with Crippen LogP contribution in [0.2, 0.25) is 0 Å². The number of hydrogen-bond donors (Lipinski definition) is 2. The molecule has 2 aliphatic rings. The highest BCUT2D eigenvalue weighted by Crippen LogP contribution is 2.42. The number of ether oxygens (including phenoxy) is 7. The maximum atomic E-state index is 10.8. The van der Waals surface area contributed by atoms with Crippen molar-refractivity contribution in [3.8, 4) is 0 Å². The molecule has 2 rings (SSSR count). The Morgan fingerprint density at radius 3 is 1.27 bits per heavy atom. The van der Waals surface area contributed by atoms with Gasteiger partial charge in [-0.3, -0.25) is 4.90 Å². The molecule has 0 heterocycles. The Labute approximate surface area is 364 Å². The maximum Gasteiger partial charge on any atom is 0.0931 e. The number of rotatable bonds is 32. The molecule has 0 amide bonds. The van der Waals surface area contributed by atoms with Gasteiger partial charge in [0.2, 0.25) is 0 Å². The maximum absolute atomic E-state index is 10.8. The largest absolute Gasteiger partial charge is 0.389 e. The molecule has 0 radical (unpaired) electrons. The Hall–Kier alpha value is -0.400. The van der Waals surface area contributed by atoms with E-state index in [0.717, 1.165) is 78.1 Å².